The first-order chi connectivity index (χ1) is 17.1. The van der Waals surface area contributed by atoms with Crippen LogP contribution in [0.4, 0.5) is 0 Å². The Bertz CT molecular complexity index is 1230. The molecule has 7 heteroatoms. The second-order valence-corrected chi connectivity index (χ2v) is 9.21. The standard InChI is InChI=1S/C28H32N2O5/c1-3-18-8-5-10-20-23(15-29-26(18)20)22(21-11-6-12-24-27(21)35-17-34-24)14-25(31)30-13-7-9-19(16-30)28(32)33-4-2/h5-6,8,10-12,15,19,22,29H,3-4,7,9,13-14,16-17H2,1-2H3. The van der Waals surface area contributed by atoms with Crippen LogP contribution in [0.1, 0.15) is 55.7 Å². The Kier molecular flexibility index (Phi) is 6.66. The van der Waals surface area contributed by atoms with E-state index in [0.29, 0.717) is 31.2 Å². The van der Waals surface area contributed by atoms with Gasteiger partial charge in [0.2, 0.25) is 12.7 Å². The molecule has 7 nitrogen and oxygen atoms in total. The number of aromatic nitrogens is 1. The Morgan fingerprint density at radius 3 is 2.83 bits per heavy atom. The van der Waals surface area contributed by atoms with Crippen LogP contribution in [-0.2, 0) is 20.7 Å². The molecule has 1 fully saturated rings. The Morgan fingerprint density at radius 1 is 1.14 bits per heavy atom. The minimum absolute atomic E-state index is 0.0292. The van der Waals surface area contributed by atoms with E-state index in [1.807, 2.05) is 36.2 Å². The third-order valence-corrected chi connectivity index (χ3v) is 7.17. The summed E-state index contributed by atoms with van der Waals surface area (Å²) in [6.07, 6.45) is 4.77. The number of likely N-dealkylation sites (tertiary alicyclic amines) is 1. The summed E-state index contributed by atoms with van der Waals surface area (Å²) in [7, 11) is 0. The maximum atomic E-state index is 13.7. The quantitative estimate of drug-likeness (QED) is 0.496. The Hall–Kier alpha value is -3.48. The molecule has 1 amide bonds. The Balaban J connectivity index is 1.49. The van der Waals surface area contributed by atoms with Crippen LogP contribution >= 0.6 is 0 Å². The molecule has 0 saturated carbocycles. The van der Waals surface area contributed by atoms with E-state index < -0.39 is 0 Å². The highest BCUT2D eigenvalue weighted by molar-refractivity contribution is 5.88. The highest BCUT2D eigenvalue weighted by Gasteiger charge is 2.33. The van der Waals surface area contributed by atoms with Gasteiger partial charge in [-0.05, 0) is 43.4 Å². The first-order valence-corrected chi connectivity index (χ1v) is 12.5. The molecule has 184 valence electrons. The summed E-state index contributed by atoms with van der Waals surface area (Å²) in [6.45, 7) is 5.54. The molecular weight excluding hydrogens is 444 g/mol. The number of fused-ring (bicyclic) bond motifs is 2. The number of ether oxygens (including phenoxy) is 3. The number of esters is 1. The van der Waals surface area contributed by atoms with E-state index in [2.05, 4.69) is 30.1 Å². The van der Waals surface area contributed by atoms with Gasteiger partial charge in [-0.2, -0.15) is 0 Å². The van der Waals surface area contributed by atoms with E-state index in [1.54, 1.807) is 0 Å². The van der Waals surface area contributed by atoms with E-state index in [1.165, 1.54) is 5.56 Å². The normalized spacial score (nSPS) is 18.0. The van der Waals surface area contributed by atoms with Gasteiger partial charge in [0.15, 0.2) is 11.5 Å². The van der Waals surface area contributed by atoms with Crippen molar-refractivity contribution >= 4 is 22.8 Å². The predicted molar refractivity (Wildman–Crippen MR) is 133 cm³/mol. The van der Waals surface area contributed by atoms with Crippen LogP contribution in [0.25, 0.3) is 10.9 Å². The number of para-hydroxylation sites is 2. The van der Waals surface area contributed by atoms with E-state index in [9.17, 15) is 9.59 Å². The van der Waals surface area contributed by atoms with E-state index in [0.717, 1.165) is 41.3 Å². The minimum atomic E-state index is -0.260. The molecule has 2 aliphatic heterocycles. The molecule has 5 rings (SSSR count). The van der Waals surface area contributed by atoms with Gasteiger partial charge in [-0.15, -0.1) is 0 Å². The number of aryl methyl sites for hydroxylation is 1. The van der Waals surface area contributed by atoms with Crippen LogP contribution in [0.15, 0.2) is 42.6 Å². The number of rotatable bonds is 7. The van der Waals surface area contributed by atoms with Gasteiger partial charge < -0.3 is 24.1 Å². The van der Waals surface area contributed by atoms with Crippen molar-refractivity contribution in [3.8, 4) is 11.5 Å². The number of hydrogen-bond acceptors (Lipinski definition) is 5. The maximum absolute atomic E-state index is 13.7. The van der Waals surface area contributed by atoms with Crippen LogP contribution in [0.3, 0.4) is 0 Å². The number of nitrogens with zero attached hydrogens (tertiary/aromatic N) is 1. The van der Waals surface area contributed by atoms with Gasteiger partial charge in [0.05, 0.1) is 12.5 Å². The molecule has 0 bridgehead atoms. The van der Waals surface area contributed by atoms with Gasteiger partial charge in [-0.25, -0.2) is 0 Å². The first kappa shape index (κ1) is 23.3. The Labute approximate surface area is 205 Å². The van der Waals surface area contributed by atoms with Gasteiger partial charge in [0, 0.05) is 48.1 Å². The molecule has 2 unspecified atom stereocenters. The molecule has 1 N–H and O–H groups in total. The molecule has 1 aromatic heterocycles. The van der Waals surface area contributed by atoms with Crippen molar-refractivity contribution in [1.82, 2.24) is 9.88 Å². The van der Waals surface area contributed by atoms with Crippen molar-refractivity contribution in [2.45, 2.75) is 45.4 Å². The van der Waals surface area contributed by atoms with Crippen LogP contribution in [0.5, 0.6) is 11.5 Å². The summed E-state index contributed by atoms with van der Waals surface area (Å²) >= 11 is 0. The number of aromatic amines is 1. The predicted octanol–water partition coefficient (Wildman–Crippen LogP) is 4.78. The molecule has 2 aliphatic rings. The highest BCUT2D eigenvalue weighted by Crippen LogP contribution is 2.44. The number of amides is 1. The lowest BCUT2D eigenvalue weighted by molar-refractivity contribution is -0.151. The molecule has 2 aromatic carbocycles. The summed E-state index contributed by atoms with van der Waals surface area (Å²) in [5.41, 5.74) is 4.35. The zero-order valence-corrected chi connectivity index (χ0v) is 20.3. The van der Waals surface area contributed by atoms with Crippen LogP contribution in [-0.4, -0.2) is 48.2 Å². The molecule has 35 heavy (non-hydrogen) atoms. The van der Waals surface area contributed by atoms with Crippen molar-refractivity contribution < 1.29 is 23.8 Å². The fourth-order valence-electron chi connectivity index (χ4n) is 5.40. The molecule has 0 spiro atoms. The van der Waals surface area contributed by atoms with E-state index >= 15 is 0 Å². The summed E-state index contributed by atoms with van der Waals surface area (Å²) in [4.78, 5) is 31.3. The lowest BCUT2D eigenvalue weighted by Gasteiger charge is -2.32. The smallest absolute Gasteiger partial charge is 0.310 e. The number of carbonyl (C=O) groups is 2. The van der Waals surface area contributed by atoms with Crippen molar-refractivity contribution in [3.63, 3.8) is 0 Å². The van der Waals surface area contributed by atoms with Crippen molar-refractivity contribution in [2.75, 3.05) is 26.5 Å². The lowest BCUT2D eigenvalue weighted by Crippen LogP contribution is -2.43. The summed E-state index contributed by atoms with van der Waals surface area (Å²) in [5.74, 6) is 0.744. The number of benzene rings is 2. The number of nitrogens with one attached hydrogen (secondary N) is 1. The molecule has 1 saturated heterocycles. The zero-order valence-electron chi connectivity index (χ0n) is 20.3. The van der Waals surface area contributed by atoms with E-state index in [4.69, 9.17) is 14.2 Å². The van der Waals surface area contributed by atoms with E-state index in [-0.39, 0.29) is 36.9 Å². The van der Waals surface area contributed by atoms with Gasteiger partial charge in [-0.3, -0.25) is 9.59 Å². The third kappa shape index (κ3) is 4.47. The second-order valence-electron chi connectivity index (χ2n) is 9.21. The average molecular weight is 477 g/mol. The van der Waals surface area contributed by atoms with Crippen molar-refractivity contribution in [1.29, 1.82) is 0 Å². The SMILES string of the molecule is CCOC(=O)C1CCCN(C(=O)CC(c2cccc3c2OCO3)c2c[nH]c3c(CC)cccc23)C1. The summed E-state index contributed by atoms with van der Waals surface area (Å²) in [5, 5.41) is 1.11. The van der Waals surface area contributed by atoms with Crippen LogP contribution in [0.2, 0.25) is 0 Å². The molecule has 2 atom stereocenters. The lowest BCUT2D eigenvalue weighted by atomic mass is 9.86. The summed E-state index contributed by atoms with van der Waals surface area (Å²) < 4.78 is 16.7. The third-order valence-electron chi connectivity index (χ3n) is 7.17. The fraction of sp³-hybridized carbons (Fsp3) is 0.429. The van der Waals surface area contributed by atoms with Crippen LogP contribution < -0.4 is 9.47 Å². The molecule has 0 radical (unpaired) electrons. The largest absolute Gasteiger partial charge is 0.466 e. The summed E-state index contributed by atoms with van der Waals surface area (Å²) in [6, 6.07) is 12.2. The fourth-order valence-corrected chi connectivity index (χ4v) is 5.40. The van der Waals surface area contributed by atoms with Gasteiger partial charge in [-0.1, -0.05) is 37.3 Å². The molecule has 3 aromatic rings. The van der Waals surface area contributed by atoms with Crippen LogP contribution in [0, 0.1) is 5.92 Å². The number of carbonyl (C=O) groups excluding carboxylic acids is 2. The number of hydrogen-bond donors (Lipinski definition) is 1. The first-order valence-electron chi connectivity index (χ1n) is 12.5. The van der Waals surface area contributed by atoms with Gasteiger partial charge >= 0.3 is 5.97 Å². The van der Waals surface area contributed by atoms with Gasteiger partial charge in [0.1, 0.15) is 0 Å². The minimum Gasteiger partial charge on any atom is -0.466 e. The highest BCUT2D eigenvalue weighted by atomic mass is 16.7. The molecular formula is C28H32N2O5. The zero-order chi connectivity index (χ0) is 24.4. The van der Waals surface area contributed by atoms with Gasteiger partial charge in [0.25, 0.3) is 0 Å². The monoisotopic (exact) mass is 476 g/mol. The number of H-pyrrole nitrogens is 1. The molecule has 0 aliphatic carbocycles. The average Bonchev–Trinajstić information content (AvgIpc) is 3.54. The maximum Gasteiger partial charge on any atom is 0.310 e. The Morgan fingerprint density at radius 2 is 2.00 bits per heavy atom. The molecule has 3 heterocycles. The second kappa shape index (κ2) is 10.0. The van der Waals surface area contributed by atoms with Crippen molar-refractivity contribution in [3.05, 3.63) is 59.3 Å². The van der Waals surface area contributed by atoms with Crippen molar-refractivity contribution in [2.24, 2.45) is 5.92 Å². The number of piperidine rings is 1. The topological polar surface area (TPSA) is 80.9 Å².